The van der Waals surface area contributed by atoms with Gasteiger partial charge in [-0.25, -0.2) is 0 Å². The van der Waals surface area contributed by atoms with E-state index in [9.17, 15) is 4.79 Å². The first-order chi connectivity index (χ1) is 11.8. The van der Waals surface area contributed by atoms with Crippen molar-refractivity contribution in [3.63, 3.8) is 0 Å². The Morgan fingerprint density at radius 1 is 1.12 bits per heavy atom. The van der Waals surface area contributed by atoms with Crippen LogP contribution in [0.1, 0.15) is 19.3 Å². The van der Waals surface area contributed by atoms with Gasteiger partial charge in [0, 0.05) is 18.2 Å². The number of para-hydroxylation sites is 1. The van der Waals surface area contributed by atoms with E-state index in [0.717, 1.165) is 42.8 Å². The van der Waals surface area contributed by atoms with Gasteiger partial charge >= 0.3 is 0 Å². The SMILES string of the molecule is Cl.O=C(CCOc1ccccc1-c1ccccc1)N[C@H]1CCCNC1. The Labute approximate surface area is 155 Å². The number of halogens is 1. The molecule has 4 nitrogen and oxygen atoms in total. The minimum Gasteiger partial charge on any atom is -0.492 e. The summed E-state index contributed by atoms with van der Waals surface area (Å²) in [7, 11) is 0. The van der Waals surface area contributed by atoms with Crippen LogP contribution in [0.25, 0.3) is 11.1 Å². The summed E-state index contributed by atoms with van der Waals surface area (Å²) in [5.41, 5.74) is 2.17. The number of carbonyl (C=O) groups is 1. The number of carbonyl (C=O) groups excluding carboxylic acids is 1. The quantitative estimate of drug-likeness (QED) is 0.830. The van der Waals surface area contributed by atoms with Gasteiger partial charge < -0.3 is 15.4 Å². The smallest absolute Gasteiger partial charge is 0.223 e. The zero-order valence-electron chi connectivity index (χ0n) is 14.2. The van der Waals surface area contributed by atoms with Crippen LogP contribution in [0, 0.1) is 0 Å². The van der Waals surface area contributed by atoms with Gasteiger partial charge in [-0.1, -0.05) is 48.5 Å². The van der Waals surface area contributed by atoms with E-state index >= 15 is 0 Å². The molecule has 1 saturated heterocycles. The van der Waals surface area contributed by atoms with Gasteiger partial charge in [0.1, 0.15) is 5.75 Å². The molecular formula is C20H25ClN2O2. The summed E-state index contributed by atoms with van der Waals surface area (Å²) in [6.07, 6.45) is 2.54. The highest BCUT2D eigenvalue weighted by Gasteiger charge is 2.15. The molecule has 0 spiro atoms. The monoisotopic (exact) mass is 360 g/mol. The first-order valence-corrected chi connectivity index (χ1v) is 8.60. The van der Waals surface area contributed by atoms with Crippen LogP contribution in [0.5, 0.6) is 5.75 Å². The molecule has 0 saturated carbocycles. The predicted octanol–water partition coefficient (Wildman–Crippen LogP) is 3.41. The fourth-order valence-electron chi connectivity index (χ4n) is 2.98. The number of hydrogen-bond donors (Lipinski definition) is 2. The molecule has 1 heterocycles. The average Bonchev–Trinajstić information content (AvgIpc) is 2.64. The fourth-order valence-corrected chi connectivity index (χ4v) is 2.98. The van der Waals surface area contributed by atoms with Crippen molar-refractivity contribution in [1.82, 2.24) is 10.6 Å². The number of ether oxygens (including phenoxy) is 1. The summed E-state index contributed by atoms with van der Waals surface area (Å²) in [4.78, 5) is 12.0. The van der Waals surface area contributed by atoms with Gasteiger partial charge in [0.25, 0.3) is 0 Å². The largest absolute Gasteiger partial charge is 0.492 e. The standard InChI is InChI=1S/C20H24N2O2.ClH/c23-20(22-17-9-6-13-21-15-17)12-14-24-19-11-5-4-10-18(19)16-7-2-1-3-8-16;/h1-5,7-8,10-11,17,21H,6,9,12-15H2,(H,22,23);1H/t17-;/m0./s1. The Morgan fingerprint density at radius 3 is 2.64 bits per heavy atom. The molecule has 134 valence electrons. The molecule has 2 aromatic rings. The van der Waals surface area contributed by atoms with Crippen LogP contribution >= 0.6 is 12.4 Å². The molecule has 0 bridgehead atoms. The fraction of sp³-hybridized carbons (Fsp3) is 0.350. The van der Waals surface area contributed by atoms with E-state index in [1.54, 1.807) is 0 Å². The number of amides is 1. The molecule has 25 heavy (non-hydrogen) atoms. The summed E-state index contributed by atoms with van der Waals surface area (Å²) in [6.45, 7) is 2.30. The van der Waals surface area contributed by atoms with Crippen molar-refractivity contribution >= 4 is 18.3 Å². The van der Waals surface area contributed by atoms with Crippen molar-refractivity contribution in [2.45, 2.75) is 25.3 Å². The van der Waals surface area contributed by atoms with Crippen molar-refractivity contribution in [3.8, 4) is 16.9 Å². The van der Waals surface area contributed by atoms with Gasteiger partial charge in [-0.05, 0) is 31.0 Å². The Hall–Kier alpha value is -2.04. The van der Waals surface area contributed by atoms with Crippen molar-refractivity contribution in [2.75, 3.05) is 19.7 Å². The zero-order valence-corrected chi connectivity index (χ0v) is 15.1. The predicted molar refractivity (Wildman–Crippen MR) is 103 cm³/mol. The number of piperidine rings is 1. The third-order valence-electron chi connectivity index (χ3n) is 4.22. The molecule has 0 radical (unpaired) electrons. The minimum atomic E-state index is 0. The molecule has 1 aliphatic heterocycles. The van der Waals surface area contributed by atoms with E-state index in [1.165, 1.54) is 0 Å². The zero-order chi connectivity index (χ0) is 16.6. The van der Waals surface area contributed by atoms with E-state index in [4.69, 9.17) is 4.74 Å². The second-order valence-corrected chi connectivity index (χ2v) is 6.07. The van der Waals surface area contributed by atoms with E-state index in [-0.39, 0.29) is 24.4 Å². The Bertz CT molecular complexity index is 658. The van der Waals surface area contributed by atoms with Gasteiger partial charge in [0.05, 0.1) is 13.0 Å². The van der Waals surface area contributed by atoms with Crippen molar-refractivity contribution in [2.24, 2.45) is 0 Å². The van der Waals surface area contributed by atoms with Crippen LogP contribution in [0.15, 0.2) is 54.6 Å². The van der Waals surface area contributed by atoms with Gasteiger partial charge in [-0.15, -0.1) is 12.4 Å². The van der Waals surface area contributed by atoms with Crippen LogP contribution in [0.2, 0.25) is 0 Å². The topological polar surface area (TPSA) is 50.4 Å². The number of benzene rings is 2. The number of hydrogen-bond acceptors (Lipinski definition) is 3. The van der Waals surface area contributed by atoms with Crippen LogP contribution in [0.4, 0.5) is 0 Å². The third-order valence-corrected chi connectivity index (χ3v) is 4.22. The Kier molecular flexibility index (Phi) is 7.76. The lowest BCUT2D eigenvalue weighted by Crippen LogP contribution is -2.45. The summed E-state index contributed by atoms with van der Waals surface area (Å²) < 4.78 is 5.87. The molecule has 0 aromatic heterocycles. The van der Waals surface area contributed by atoms with Crippen molar-refractivity contribution in [3.05, 3.63) is 54.6 Å². The van der Waals surface area contributed by atoms with E-state index in [1.807, 2.05) is 42.5 Å². The number of rotatable bonds is 6. The van der Waals surface area contributed by atoms with E-state index in [0.29, 0.717) is 13.0 Å². The lowest BCUT2D eigenvalue weighted by Gasteiger charge is -2.23. The lowest BCUT2D eigenvalue weighted by molar-refractivity contribution is -0.122. The number of nitrogens with one attached hydrogen (secondary N) is 2. The molecule has 2 aromatic carbocycles. The molecule has 3 rings (SSSR count). The first-order valence-electron chi connectivity index (χ1n) is 8.60. The van der Waals surface area contributed by atoms with Crippen molar-refractivity contribution < 1.29 is 9.53 Å². The summed E-state index contributed by atoms with van der Waals surface area (Å²) >= 11 is 0. The lowest BCUT2D eigenvalue weighted by atomic mass is 10.1. The normalized spacial score (nSPS) is 16.6. The molecule has 0 unspecified atom stereocenters. The second-order valence-electron chi connectivity index (χ2n) is 6.07. The summed E-state index contributed by atoms with van der Waals surface area (Å²) in [5, 5.41) is 6.37. The molecule has 1 fully saturated rings. The van der Waals surface area contributed by atoms with Crippen LogP contribution in [-0.4, -0.2) is 31.6 Å². The van der Waals surface area contributed by atoms with Gasteiger partial charge in [-0.2, -0.15) is 0 Å². The first kappa shape index (κ1) is 19.3. The molecule has 1 atom stereocenters. The second kappa shape index (κ2) is 10.1. The maximum atomic E-state index is 12.0. The van der Waals surface area contributed by atoms with Crippen molar-refractivity contribution in [1.29, 1.82) is 0 Å². The maximum absolute atomic E-state index is 12.0. The van der Waals surface area contributed by atoms with E-state index < -0.39 is 0 Å². The Morgan fingerprint density at radius 2 is 1.88 bits per heavy atom. The Balaban J connectivity index is 0.00000225. The maximum Gasteiger partial charge on any atom is 0.223 e. The van der Waals surface area contributed by atoms with Gasteiger partial charge in [0.2, 0.25) is 5.91 Å². The highest BCUT2D eigenvalue weighted by atomic mass is 35.5. The molecule has 1 aliphatic rings. The molecule has 1 amide bonds. The molecule has 5 heteroatoms. The molecule has 2 N–H and O–H groups in total. The summed E-state index contributed by atoms with van der Waals surface area (Å²) in [6, 6.07) is 18.3. The highest BCUT2D eigenvalue weighted by molar-refractivity contribution is 5.85. The van der Waals surface area contributed by atoms with E-state index in [2.05, 4.69) is 22.8 Å². The molecular weight excluding hydrogens is 336 g/mol. The summed E-state index contributed by atoms with van der Waals surface area (Å²) in [5.74, 6) is 0.872. The molecule has 0 aliphatic carbocycles. The van der Waals surface area contributed by atoms with Crippen LogP contribution in [0.3, 0.4) is 0 Å². The van der Waals surface area contributed by atoms with Crippen LogP contribution in [-0.2, 0) is 4.79 Å². The highest BCUT2D eigenvalue weighted by Crippen LogP contribution is 2.29. The third kappa shape index (κ3) is 5.76. The minimum absolute atomic E-state index is 0. The van der Waals surface area contributed by atoms with Gasteiger partial charge in [-0.3, -0.25) is 4.79 Å². The van der Waals surface area contributed by atoms with Crippen LogP contribution < -0.4 is 15.4 Å². The average molecular weight is 361 g/mol. The van der Waals surface area contributed by atoms with Gasteiger partial charge in [0.15, 0.2) is 0 Å².